The minimum atomic E-state index is -0.175. The van der Waals surface area contributed by atoms with Gasteiger partial charge in [-0.25, -0.2) is 0 Å². The Labute approximate surface area is 245 Å². The second-order valence-corrected chi connectivity index (χ2v) is 11.2. The van der Waals surface area contributed by atoms with Gasteiger partial charge in [0.05, 0.1) is 7.11 Å². The van der Waals surface area contributed by atoms with Gasteiger partial charge in [0.25, 0.3) is 5.91 Å². The molecule has 4 aromatic carbocycles. The molecule has 1 amide bonds. The number of aldehydes is 1. The van der Waals surface area contributed by atoms with Crippen molar-refractivity contribution in [3.05, 3.63) is 111 Å². The van der Waals surface area contributed by atoms with E-state index in [4.69, 9.17) is 27.9 Å². The lowest BCUT2D eigenvalue weighted by molar-refractivity contribution is -0.107. The molecule has 5 rings (SSSR count). The molecule has 0 spiro atoms. The lowest BCUT2D eigenvalue weighted by Gasteiger charge is -2.31. The zero-order valence-corrected chi connectivity index (χ0v) is 24.1. The Kier molecular flexibility index (Phi) is 8.75. The summed E-state index contributed by atoms with van der Waals surface area (Å²) >= 11 is 12.8. The average Bonchev–Trinajstić information content (AvgIpc) is 3.41. The minimum Gasteiger partial charge on any atom is -0.497 e. The van der Waals surface area contributed by atoms with Crippen LogP contribution in [-0.4, -0.2) is 37.3 Å². The van der Waals surface area contributed by atoms with Crippen molar-refractivity contribution in [2.24, 2.45) is 0 Å². The van der Waals surface area contributed by atoms with E-state index in [1.807, 2.05) is 42.5 Å². The van der Waals surface area contributed by atoms with Crippen LogP contribution in [0.25, 0.3) is 10.8 Å². The fraction of sp³-hybridized carbons (Fsp3) is 0.273. The number of hydrogen-bond acceptors (Lipinski definition) is 4. The SMILES string of the molecule is COc1ccc2cc([C@H]3C[C@@H](c4cc(Cl)cc(Cl)c4)CN3C(C)c3ccc(C(=O)NCCC=O)cc3)ccc2c1. The van der Waals surface area contributed by atoms with Crippen molar-refractivity contribution in [1.29, 1.82) is 0 Å². The lowest BCUT2D eigenvalue weighted by atomic mass is 9.93. The Balaban J connectivity index is 1.45. The van der Waals surface area contributed by atoms with E-state index in [9.17, 15) is 9.59 Å². The zero-order valence-electron chi connectivity index (χ0n) is 22.6. The number of methoxy groups -OCH3 is 1. The number of amides is 1. The molecule has 1 aliphatic heterocycles. The number of nitrogens with zero attached hydrogens (tertiary/aromatic N) is 1. The standard InChI is InChI=1S/C33H32Cl2N2O3/c1-21(22-4-6-23(7-5-22)33(39)36-12-3-13-38)37-20-28(27-15-29(34)19-30(35)16-27)18-32(37)26-9-8-25-17-31(40-2)11-10-24(25)14-26/h4-11,13-17,19,21,28,32H,3,12,18,20H2,1-2H3,(H,36,39)/t21?,28-,32-/m1/s1. The number of rotatable bonds is 9. The molecule has 40 heavy (non-hydrogen) atoms. The van der Waals surface area contributed by atoms with E-state index in [2.05, 4.69) is 47.5 Å². The van der Waals surface area contributed by atoms with Gasteiger partial charge in [-0.1, -0.05) is 53.5 Å². The predicted octanol–water partition coefficient (Wildman–Crippen LogP) is 7.77. The summed E-state index contributed by atoms with van der Waals surface area (Å²) in [5, 5.41) is 6.38. The number of likely N-dealkylation sites (tertiary alicyclic amines) is 1. The maximum absolute atomic E-state index is 12.4. The number of hydrogen-bond donors (Lipinski definition) is 1. The smallest absolute Gasteiger partial charge is 0.251 e. The molecule has 0 aromatic heterocycles. The minimum absolute atomic E-state index is 0.100. The van der Waals surface area contributed by atoms with Crippen LogP contribution in [0.1, 0.15) is 64.8 Å². The van der Waals surface area contributed by atoms with E-state index >= 15 is 0 Å². The molecule has 4 aromatic rings. The number of carbonyl (C=O) groups excluding carboxylic acids is 2. The Bertz CT molecular complexity index is 1500. The molecule has 1 saturated heterocycles. The molecule has 0 saturated carbocycles. The predicted molar refractivity (Wildman–Crippen MR) is 162 cm³/mol. The molecule has 1 N–H and O–H groups in total. The Morgan fingerprint density at radius 2 is 1.68 bits per heavy atom. The van der Waals surface area contributed by atoms with Crippen molar-refractivity contribution in [2.75, 3.05) is 20.2 Å². The quantitative estimate of drug-likeness (QED) is 0.164. The molecule has 1 unspecified atom stereocenters. The van der Waals surface area contributed by atoms with Crippen LogP contribution in [0.3, 0.4) is 0 Å². The summed E-state index contributed by atoms with van der Waals surface area (Å²) in [5.41, 5.74) is 4.11. The van der Waals surface area contributed by atoms with Gasteiger partial charge in [-0.05, 0) is 95.3 Å². The number of nitrogens with one attached hydrogen (secondary N) is 1. The Morgan fingerprint density at radius 1 is 0.975 bits per heavy atom. The average molecular weight is 576 g/mol. The number of fused-ring (bicyclic) bond motifs is 1. The van der Waals surface area contributed by atoms with E-state index in [1.54, 1.807) is 13.2 Å². The highest BCUT2D eigenvalue weighted by Crippen LogP contribution is 2.46. The van der Waals surface area contributed by atoms with Crippen LogP contribution in [-0.2, 0) is 4.79 Å². The Morgan fingerprint density at radius 3 is 2.38 bits per heavy atom. The second kappa shape index (κ2) is 12.4. The van der Waals surface area contributed by atoms with Gasteiger partial charge in [-0.15, -0.1) is 0 Å². The highest BCUT2D eigenvalue weighted by Gasteiger charge is 2.37. The van der Waals surface area contributed by atoms with Crippen LogP contribution in [0.5, 0.6) is 5.75 Å². The number of halogens is 2. The highest BCUT2D eigenvalue weighted by molar-refractivity contribution is 6.34. The van der Waals surface area contributed by atoms with Crippen molar-refractivity contribution < 1.29 is 14.3 Å². The molecule has 1 aliphatic rings. The van der Waals surface area contributed by atoms with E-state index in [0.717, 1.165) is 41.5 Å². The molecular weight excluding hydrogens is 543 g/mol. The number of carbonyl (C=O) groups is 2. The summed E-state index contributed by atoms with van der Waals surface area (Å²) in [6.07, 6.45) is 2.03. The second-order valence-electron chi connectivity index (χ2n) is 10.3. The zero-order chi connectivity index (χ0) is 28.2. The molecule has 0 bridgehead atoms. The molecule has 0 radical (unpaired) electrons. The van der Waals surface area contributed by atoms with E-state index in [-0.39, 0.29) is 23.9 Å². The summed E-state index contributed by atoms with van der Waals surface area (Å²) in [7, 11) is 1.68. The lowest BCUT2D eigenvalue weighted by Crippen LogP contribution is -2.27. The maximum atomic E-state index is 12.4. The molecule has 1 heterocycles. The van der Waals surface area contributed by atoms with Crippen LogP contribution in [0, 0.1) is 0 Å². The van der Waals surface area contributed by atoms with Gasteiger partial charge >= 0.3 is 0 Å². The van der Waals surface area contributed by atoms with Gasteiger partial charge in [0.1, 0.15) is 12.0 Å². The van der Waals surface area contributed by atoms with Gasteiger partial charge in [0.2, 0.25) is 0 Å². The largest absolute Gasteiger partial charge is 0.497 e. The third-order valence-electron chi connectivity index (χ3n) is 7.85. The molecular formula is C33H32Cl2N2O3. The van der Waals surface area contributed by atoms with Crippen LogP contribution in [0.4, 0.5) is 0 Å². The molecule has 1 fully saturated rings. The summed E-state index contributed by atoms with van der Waals surface area (Å²) in [6, 6.07) is 26.6. The first-order valence-corrected chi connectivity index (χ1v) is 14.2. The van der Waals surface area contributed by atoms with Gasteiger partial charge < -0.3 is 14.8 Å². The molecule has 206 valence electrons. The number of benzene rings is 4. The topological polar surface area (TPSA) is 58.6 Å². The summed E-state index contributed by atoms with van der Waals surface area (Å²) in [4.78, 5) is 25.5. The Hall–Kier alpha value is -3.38. The van der Waals surface area contributed by atoms with Crippen molar-refractivity contribution in [3.8, 4) is 5.75 Å². The molecule has 3 atom stereocenters. The fourth-order valence-corrected chi connectivity index (χ4v) is 6.24. The van der Waals surface area contributed by atoms with Crippen LogP contribution >= 0.6 is 23.2 Å². The van der Waals surface area contributed by atoms with E-state index < -0.39 is 0 Å². The first-order chi connectivity index (χ1) is 19.4. The first-order valence-electron chi connectivity index (χ1n) is 13.5. The molecule has 5 nitrogen and oxygen atoms in total. The fourth-order valence-electron chi connectivity index (χ4n) is 5.70. The third-order valence-corrected chi connectivity index (χ3v) is 8.29. The summed E-state index contributed by atoms with van der Waals surface area (Å²) in [6.45, 7) is 3.39. The van der Waals surface area contributed by atoms with Crippen LogP contribution < -0.4 is 10.1 Å². The van der Waals surface area contributed by atoms with Gasteiger partial charge in [0.15, 0.2) is 0 Å². The first kappa shape index (κ1) is 28.2. The molecule has 0 aliphatic carbocycles. The molecule has 7 heteroatoms. The van der Waals surface area contributed by atoms with Gasteiger partial charge in [-0.2, -0.15) is 0 Å². The number of ether oxygens (including phenoxy) is 1. The summed E-state index contributed by atoms with van der Waals surface area (Å²) in [5.74, 6) is 0.930. The van der Waals surface area contributed by atoms with Crippen molar-refractivity contribution in [2.45, 2.75) is 37.8 Å². The van der Waals surface area contributed by atoms with Crippen molar-refractivity contribution in [1.82, 2.24) is 10.2 Å². The maximum Gasteiger partial charge on any atom is 0.251 e. The van der Waals surface area contributed by atoms with Crippen LogP contribution in [0.2, 0.25) is 10.0 Å². The van der Waals surface area contributed by atoms with Crippen molar-refractivity contribution >= 4 is 46.2 Å². The highest BCUT2D eigenvalue weighted by atomic mass is 35.5. The van der Waals surface area contributed by atoms with E-state index in [0.29, 0.717) is 28.6 Å². The van der Waals surface area contributed by atoms with E-state index in [1.165, 1.54) is 10.9 Å². The van der Waals surface area contributed by atoms with Gasteiger partial charge in [-0.3, -0.25) is 9.69 Å². The van der Waals surface area contributed by atoms with Crippen LogP contribution in [0.15, 0.2) is 78.9 Å². The normalized spacial score (nSPS) is 18.0. The third kappa shape index (κ3) is 6.17. The summed E-state index contributed by atoms with van der Waals surface area (Å²) < 4.78 is 5.41. The van der Waals surface area contributed by atoms with Gasteiger partial charge in [0, 0.05) is 47.2 Å². The monoisotopic (exact) mass is 574 g/mol. The van der Waals surface area contributed by atoms with Crippen molar-refractivity contribution in [3.63, 3.8) is 0 Å².